The summed E-state index contributed by atoms with van der Waals surface area (Å²) in [5.74, 6) is -0.623. The summed E-state index contributed by atoms with van der Waals surface area (Å²) in [4.78, 5) is 30.0. The fourth-order valence-electron chi connectivity index (χ4n) is 5.72. The fourth-order valence-corrected chi connectivity index (χ4v) is 6.60. The number of carbonyl (C=O) groups excluding carboxylic acids is 2. The van der Waals surface area contributed by atoms with Crippen LogP contribution in [0, 0.1) is 6.92 Å². The first-order valence-corrected chi connectivity index (χ1v) is 16.8. The number of anilines is 1. The van der Waals surface area contributed by atoms with E-state index in [0.29, 0.717) is 18.5 Å². The van der Waals surface area contributed by atoms with Crippen LogP contribution in [0.25, 0.3) is 0 Å². The summed E-state index contributed by atoms with van der Waals surface area (Å²) in [6, 6.07) is 24.0. The van der Waals surface area contributed by atoms with Gasteiger partial charge in [0.1, 0.15) is 12.6 Å². The van der Waals surface area contributed by atoms with Crippen molar-refractivity contribution in [3.63, 3.8) is 0 Å². The molecule has 0 bridgehead atoms. The average Bonchev–Trinajstić information content (AvgIpc) is 2.99. The van der Waals surface area contributed by atoms with Gasteiger partial charge in [0, 0.05) is 19.0 Å². The molecule has 0 aliphatic heterocycles. The standard InChI is InChI=1S/C34H43N3O4S/c1-4-28-18-13-14-22-31(28)37(42(3,40)41)25-33(38)36(24-29-19-12-11-15-26(29)2)32(23-27-16-7-5-8-17-27)34(39)35-30-20-9-6-10-21-30/h5,7-8,11-19,22,30,32H,4,6,9-10,20-21,23-25H2,1-3H3,(H,35,39)/t32-/m1/s1. The molecule has 1 fully saturated rings. The number of nitrogens with zero attached hydrogens (tertiary/aromatic N) is 2. The van der Waals surface area contributed by atoms with Crippen LogP contribution in [0.2, 0.25) is 0 Å². The number of amides is 2. The van der Waals surface area contributed by atoms with Crippen LogP contribution in [0.15, 0.2) is 78.9 Å². The van der Waals surface area contributed by atoms with Crippen LogP contribution in [-0.2, 0) is 39.0 Å². The van der Waals surface area contributed by atoms with Crippen molar-refractivity contribution < 1.29 is 18.0 Å². The average molecular weight is 590 g/mol. The predicted molar refractivity (Wildman–Crippen MR) is 169 cm³/mol. The highest BCUT2D eigenvalue weighted by atomic mass is 32.2. The highest BCUT2D eigenvalue weighted by molar-refractivity contribution is 7.92. The van der Waals surface area contributed by atoms with Crippen molar-refractivity contribution in [3.8, 4) is 0 Å². The summed E-state index contributed by atoms with van der Waals surface area (Å²) < 4.78 is 27.4. The molecule has 0 aromatic heterocycles. The van der Waals surface area contributed by atoms with Crippen molar-refractivity contribution in [2.24, 2.45) is 0 Å². The van der Waals surface area contributed by atoms with Crippen molar-refractivity contribution in [1.29, 1.82) is 0 Å². The number of aryl methyl sites for hydroxylation is 2. The molecule has 0 heterocycles. The Hall–Kier alpha value is -3.65. The highest BCUT2D eigenvalue weighted by Crippen LogP contribution is 2.25. The second-order valence-electron chi connectivity index (χ2n) is 11.2. The molecule has 42 heavy (non-hydrogen) atoms. The Kier molecular flexibility index (Phi) is 10.8. The van der Waals surface area contributed by atoms with Gasteiger partial charge in [0.2, 0.25) is 21.8 Å². The minimum absolute atomic E-state index is 0.0730. The predicted octanol–water partition coefficient (Wildman–Crippen LogP) is 5.41. The molecule has 0 spiro atoms. The molecule has 0 unspecified atom stereocenters. The zero-order chi connectivity index (χ0) is 30.1. The number of para-hydroxylation sites is 1. The zero-order valence-electron chi connectivity index (χ0n) is 25.0. The summed E-state index contributed by atoms with van der Waals surface area (Å²) in [5, 5.41) is 3.24. The van der Waals surface area contributed by atoms with Crippen LogP contribution in [0.5, 0.6) is 0 Å². The van der Waals surface area contributed by atoms with Crippen molar-refractivity contribution in [1.82, 2.24) is 10.2 Å². The fraction of sp³-hybridized carbons (Fsp3) is 0.412. The first-order chi connectivity index (χ1) is 20.2. The Morgan fingerprint density at radius 2 is 1.50 bits per heavy atom. The molecule has 1 N–H and O–H groups in total. The van der Waals surface area contributed by atoms with E-state index in [-0.39, 0.29) is 18.5 Å². The number of rotatable bonds is 12. The molecule has 4 rings (SSSR count). The largest absolute Gasteiger partial charge is 0.352 e. The molecular formula is C34H43N3O4S. The van der Waals surface area contributed by atoms with Gasteiger partial charge in [0.15, 0.2) is 0 Å². The van der Waals surface area contributed by atoms with Gasteiger partial charge in [-0.3, -0.25) is 13.9 Å². The van der Waals surface area contributed by atoms with Crippen LogP contribution < -0.4 is 9.62 Å². The maximum absolute atomic E-state index is 14.4. The van der Waals surface area contributed by atoms with Gasteiger partial charge in [-0.15, -0.1) is 0 Å². The first kappa shape index (κ1) is 31.3. The number of sulfonamides is 1. The van der Waals surface area contributed by atoms with Crippen LogP contribution in [0.1, 0.15) is 61.3 Å². The molecule has 1 aliphatic carbocycles. The van der Waals surface area contributed by atoms with Gasteiger partial charge in [-0.1, -0.05) is 99.0 Å². The summed E-state index contributed by atoms with van der Waals surface area (Å²) in [7, 11) is -3.80. The maximum atomic E-state index is 14.4. The van der Waals surface area contributed by atoms with E-state index in [1.54, 1.807) is 17.0 Å². The molecular weight excluding hydrogens is 546 g/mol. The molecule has 2 amide bonds. The second-order valence-corrected chi connectivity index (χ2v) is 13.2. The number of carbonyl (C=O) groups is 2. The third-order valence-corrected chi connectivity index (χ3v) is 9.27. The lowest BCUT2D eigenvalue weighted by Gasteiger charge is -2.35. The van der Waals surface area contributed by atoms with E-state index in [2.05, 4.69) is 5.32 Å². The van der Waals surface area contributed by atoms with Gasteiger partial charge >= 0.3 is 0 Å². The van der Waals surface area contributed by atoms with E-state index in [1.807, 2.05) is 80.6 Å². The van der Waals surface area contributed by atoms with Crippen molar-refractivity contribution in [3.05, 3.63) is 101 Å². The molecule has 3 aromatic rings. The van der Waals surface area contributed by atoms with Crippen LogP contribution in [0.3, 0.4) is 0 Å². The second kappa shape index (κ2) is 14.5. The number of hydrogen-bond acceptors (Lipinski definition) is 4. The van der Waals surface area contributed by atoms with Crippen LogP contribution >= 0.6 is 0 Å². The van der Waals surface area contributed by atoms with E-state index in [0.717, 1.165) is 60.6 Å². The summed E-state index contributed by atoms with van der Waals surface area (Å²) in [6.07, 6.45) is 7.20. The Bertz CT molecular complexity index is 1450. The molecule has 8 heteroatoms. The quantitative estimate of drug-likeness (QED) is 0.306. The lowest BCUT2D eigenvalue weighted by molar-refractivity contribution is -0.140. The molecule has 224 valence electrons. The van der Waals surface area contributed by atoms with Gasteiger partial charge in [0.05, 0.1) is 11.9 Å². The third-order valence-electron chi connectivity index (χ3n) is 8.15. The Morgan fingerprint density at radius 3 is 2.14 bits per heavy atom. The Morgan fingerprint density at radius 1 is 0.881 bits per heavy atom. The minimum atomic E-state index is -3.80. The number of nitrogens with one attached hydrogen (secondary N) is 1. The highest BCUT2D eigenvalue weighted by Gasteiger charge is 2.34. The zero-order valence-corrected chi connectivity index (χ0v) is 25.8. The number of benzene rings is 3. The van der Waals surface area contributed by atoms with Gasteiger partial charge in [-0.05, 0) is 54.5 Å². The van der Waals surface area contributed by atoms with Crippen molar-refractivity contribution >= 4 is 27.5 Å². The molecule has 0 saturated heterocycles. The van der Waals surface area contributed by atoms with Gasteiger partial charge in [-0.2, -0.15) is 0 Å². The SMILES string of the molecule is CCc1ccccc1N(CC(=O)N(Cc1ccccc1C)[C@H](Cc1ccccc1)C(=O)NC1CCCCC1)S(C)(=O)=O. The monoisotopic (exact) mass is 589 g/mol. The third kappa shape index (κ3) is 8.22. The number of hydrogen-bond donors (Lipinski definition) is 1. The Balaban J connectivity index is 1.75. The van der Waals surface area contributed by atoms with Crippen LogP contribution in [-0.4, -0.2) is 50.0 Å². The lowest BCUT2D eigenvalue weighted by Crippen LogP contribution is -2.55. The topological polar surface area (TPSA) is 86.8 Å². The van der Waals surface area contributed by atoms with E-state index in [4.69, 9.17) is 0 Å². The molecule has 0 radical (unpaired) electrons. The van der Waals surface area contributed by atoms with Crippen molar-refractivity contribution in [2.75, 3.05) is 17.1 Å². The lowest BCUT2D eigenvalue weighted by atomic mass is 9.94. The molecule has 1 atom stereocenters. The van der Waals surface area contributed by atoms with Crippen LogP contribution in [0.4, 0.5) is 5.69 Å². The van der Waals surface area contributed by atoms with Crippen molar-refractivity contribution in [2.45, 2.75) is 77.4 Å². The molecule has 1 aliphatic rings. The van der Waals surface area contributed by atoms with E-state index >= 15 is 0 Å². The normalized spacial score (nSPS) is 14.6. The summed E-state index contributed by atoms with van der Waals surface area (Å²) in [6.45, 7) is 3.72. The first-order valence-electron chi connectivity index (χ1n) is 14.9. The smallest absolute Gasteiger partial charge is 0.244 e. The maximum Gasteiger partial charge on any atom is 0.244 e. The van der Waals surface area contributed by atoms with Gasteiger partial charge in [0.25, 0.3) is 0 Å². The minimum Gasteiger partial charge on any atom is -0.352 e. The molecule has 1 saturated carbocycles. The molecule has 7 nitrogen and oxygen atoms in total. The van der Waals surface area contributed by atoms with E-state index in [1.165, 1.54) is 4.31 Å². The summed E-state index contributed by atoms with van der Waals surface area (Å²) >= 11 is 0. The van der Waals surface area contributed by atoms with E-state index in [9.17, 15) is 18.0 Å². The van der Waals surface area contributed by atoms with Gasteiger partial charge in [-0.25, -0.2) is 8.42 Å². The van der Waals surface area contributed by atoms with Gasteiger partial charge < -0.3 is 10.2 Å². The molecule has 3 aromatic carbocycles. The van der Waals surface area contributed by atoms with E-state index < -0.39 is 28.5 Å². The Labute approximate surface area is 251 Å². The summed E-state index contributed by atoms with van der Waals surface area (Å²) in [5.41, 5.74) is 4.15.